The molecule has 1 aromatic carbocycles. The quantitative estimate of drug-likeness (QED) is 0.605. The second-order valence-electron chi connectivity index (χ2n) is 5.54. The van der Waals surface area contributed by atoms with Gasteiger partial charge in [-0.2, -0.15) is 4.39 Å². The molecular formula is C15H20F3NO4S. The van der Waals surface area contributed by atoms with Crippen molar-refractivity contribution < 1.29 is 35.4 Å². The highest BCUT2D eigenvalue weighted by atomic mass is 32.2. The first kappa shape index (κ1) is 20.6. The number of quaternary nitrogens is 1. The van der Waals surface area contributed by atoms with Crippen LogP contribution in [0.25, 0.3) is 0 Å². The summed E-state index contributed by atoms with van der Waals surface area (Å²) in [5, 5.41) is 0. The molecule has 24 heavy (non-hydrogen) atoms. The van der Waals surface area contributed by atoms with Crippen molar-refractivity contribution in [2.24, 2.45) is 0 Å². The molecule has 0 atom stereocenters. The Kier molecular flexibility index (Phi) is 7.88. The van der Waals surface area contributed by atoms with Crippen LogP contribution in [-0.2, 0) is 20.6 Å². The molecule has 1 aliphatic rings. The first-order valence-corrected chi connectivity index (χ1v) is 8.75. The van der Waals surface area contributed by atoms with Gasteiger partial charge in [-0.1, -0.05) is 30.3 Å². The SMILES string of the molecule is C[N+]1(C=C(F)C(F)F)CCOCC1.O=S(=O)([O-])Cc1ccccc1. The van der Waals surface area contributed by atoms with Gasteiger partial charge < -0.3 is 9.29 Å². The number of alkyl halides is 2. The smallest absolute Gasteiger partial charge is 0.294 e. The summed E-state index contributed by atoms with van der Waals surface area (Å²) in [6.07, 6.45) is -2.02. The van der Waals surface area contributed by atoms with Crippen molar-refractivity contribution in [1.82, 2.24) is 0 Å². The van der Waals surface area contributed by atoms with E-state index in [4.69, 9.17) is 4.74 Å². The maximum Gasteiger partial charge on any atom is 0.294 e. The van der Waals surface area contributed by atoms with Crippen molar-refractivity contribution >= 4 is 10.1 Å². The summed E-state index contributed by atoms with van der Waals surface area (Å²) in [6.45, 7) is 2.06. The van der Waals surface area contributed by atoms with Gasteiger partial charge in [-0.05, 0) is 5.56 Å². The minimum absolute atomic E-state index is 0.191. The molecule has 0 unspecified atom stereocenters. The lowest BCUT2D eigenvalue weighted by Gasteiger charge is -2.33. The molecule has 1 saturated heterocycles. The first-order chi connectivity index (χ1) is 11.1. The molecular weight excluding hydrogens is 347 g/mol. The molecule has 0 bridgehead atoms. The highest BCUT2D eigenvalue weighted by molar-refractivity contribution is 7.84. The average molecular weight is 367 g/mol. The summed E-state index contributed by atoms with van der Waals surface area (Å²) >= 11 is 0. The minimum Gasteiger partial charge on any atom is -0.748 e. The van der Waals surface area contributed by atoms with E-state index in [0.29, 0.717) is 31.9 Å². The maximum absolute atomic E-state index is 12.6. The number of rotatable bonds is 4. The molecule has 1 heterocycles. The van der Waals surface area contributed by atoms with Crippen LogP contribution < -0.4 is 0 Å². The molecule has 0 N–H and O–H groups in total. The van der Waals surface area contributed by atoms with Crippen molar-refractivity contribution in [1.29, 1.82) is 0 Å². The van der Waals surface area contributed by atoms with E-state index in [0.717, 1.165) is 6.20 Å². The summed E-state index contributed by atoms with van der Waals surface area (Å²) in [7, 11) is -2.41. The Morgan fingerprint density at radius 3 is 2.29 bits per heavy atom. The number of hydrogen-bond acceptors (Lipinski definition) is 4. The van der Waals surface area contributed by atoms with Gasteiger partial charge in [-0.3, -0.25) is 4.48 Å². The Hall–Kier alpha value is -1.42. The van der Waals surface area contributed by atoms with Crippen LogP contribution in [0.5, 0.6) is 0 Å². The third kappa shape index (κ3) is 8.44. The molecule has 0 saturated carbocycles. The van der Waals surface area contributed by atoms with Gasteiger partial charge >= 0.3 is 0 Å². The van der Waals surface area contributed by atoms with E-state index in [1.165, 1.54) is 0 Å². The zero-order valence-electron chi connectivity index (χ0n) is 13.2. The normalized spacial score (nSPS) is 18.0. The van der Waals surface area contributed by atoms with Gasteiger partial charge in [-0.15, -0.1) is 0 Å². The van der Waals surface area contributed by atoms with Crippen molar-refractivity contribution in [3.8, 4) is 0 Å². The van der Waals surface area contributed by atoms with E-state index in [1.807, 2.05) is 0 Å². The molecule has 0 aromatic heterocycles. The van der Waals surface area contributed by atoms with Crippen LogP contribution in [0.15, 0.2) is 42.4 Å². The standard InChI is InChI=1S/C8H13F3NO.C7H8O3S/c1-12(2-4-13-5-3-12)6-7(9)8(10)11;8-11(9,10)6-7-4-2-1-3-5-7/h6,8H,2-5H2,1H3;1-5H,6H2,(H,8,9,10)/q+1;/p-1. The Morgan fingerprint density at radius 2 is 1.83 bits per heavy atom. The summed E-state index contributed by atoms with van der Waals surface area (Å²) in [5.74, 6) is -1.77. The average Bonchev–Trinajstić information content (AvgIpc) is 2.47. The number of hydrogen-bond donors (Lipinski definition) is 0. The zero-order chi connectivity index (χ0) is 18.2. The number of ether oxygens (including phenoxy) is 1. The largest absolute Gasteiger partial charge is 0.748 e. The van der Waals surface area contributed by atoms with E-state index < -0.39 is 28.1 Å². The molecule has 2 rings (SSSR count). The van der Waals surface area contributed by atoms with Gasteiger partial charge in [-0.25, -0.2) is 17.2 Å². The van der Waals surface area contributed by atoms with E-state index in [9.17, 15) is 26.1 Å². The van der Waals surface area contributed by atoms with E-state index >= 15 is 0 Å². The number of likely N-dealkylation sites (N-methyl/N-ethyl adjacent to an activating group) is 1. The number of halogens is 3. The van der Waals surface area contributed by atoms with Crippen molar-refractivity contribution in [2.45, 2.75) is 12.2 Å². The number of benzene rings is 1. The first-order valence-electron chi connectivity index (χ1n) is 7.17. The molecule has 136 valence electrons. The van der Waals surface area contributed by atoms with Crippen LogP contribution in [0.1, 0.15) is 5.56 Å². The number of nitrogens with zero attached hydrogens (tertiary/aromatic N) is 1. The second-order valence-corrected chi connectivity index (χ2v) is 6.95. The van der Waals surface area contributed by atoms with Crippen LogP contribution >= 0.6 is 0 Å². The van der Waals surface area contributed by atoms with Crippen LogP contribution in [-0.4, -0.2) is 57.2 Å². The Morgan fingerprint density at radius 1 is 1.29 bits per heavy atom. The van der Waals surface area contributed by atoms with Crippen molar-refractivity contribution in [3.63, 3.8) is 0 Å². The third-order valence-electron chi connectivity index (χ3n) is 3.32. The fourth-order valence-corrected chi connectivity index (χ4v) is 2.62. The molecule has 1 fully saturated rings. The lowest BCUT2D eigenvalue weighted by molar-refractivity contribution is -0.868. The molecule has 1 aromatic rings. The molecule has 0 radical (unpaired) electrons. The van der Waals surface area contributed by atoms with E-state index in [2.05, 4.69) is 0 Å². The van der Waals surface area contributed by atoms with E-state index in [-0.39, 0.29) is 4.48 Å². The van der Waals surface area contributed by atoms with Gasteiger partial charge in [0.05, 0.1) is 36.1 Å². The van der Waals surface area contributed by atoms with Gasteiger partial charge in [0.1, 0.15) is 19.3 Å². The van der Waals surface area contributed by atoms with Crippen LogP contribution in [0.4, 0.5) is 13.2 Å². The summed E-state index contributed by atoms with van der Waals surface area (Å²) < 4.78 is 72.3. The van der Waals surface area contributed by atoms with Crippen molar-refractivity contribution in [3.05, 3.63) is 47.9 Å². The van der Waals surface area contributed by atoms with Crippen LogP contribution in [0.3, 0.4) is 0 Å². The Bertz CT molecular complexity index is 629. The maximum atomic E-state index is 12.6. The predicted molar refractivity (Wildman–Crippen MR) is 81.8 cm³/mol. The highest BCUT2D eigenvalue weighted by Gasteiger charge is 2.26. The van der Waals surface area contributed by atoms with Gasteiger partial charge in [0.2, 0.25) is 5.83 Å². The second kappa shape index (κ2) is 9.16. The van der Waals surface area contributed by atoms with E-state index in [1.54, 1.807) is 37.4 Å². The topological polar surface area (TPSA) is 66.4 Å². The van der Waals surface area contributed by atoms with Gasteiger partial charge in [0.25, 0.3) is 6.43 Å². The summed E-state index contributed by atoms with van der Waals surface area (Å²) in [5.41, 5.74) is 0.530. The highest BCUT2D eigenvalue weighted by Crippen LogP contribution is 2.16. The predicted octanol–water partition coefficient (Wildman–Crippen LogP) is 2.27. The lowest BCUT2D eigenvalue weighted by atomic mass is 10.2. The molecule has 9 heteroatoms. The fourth-order valence-electron chi connectivity index (χ4n) is 2.02. The molecule has 0 aliphatic carbocycles. The molecule has 5 nitrogen and oxygen atoms in total. The number of allylic oxidation sites excluding steroid dienone is 1. The van der Waals surface area contributed by atoms with Gasteiger partial charge in [0, 0.05) is 0 Å². The lowest BCUT2D eigenvalue weighted by Crippen LogP contribution is -2.47. The van der Waals surface area contributed by atoms with Crippen LogP contribution in [0, 0.1) is 0 Å². The molecule has 0 amide bonds. The number of morpholine rings is 1. The van der Waals surface area contributed by atoms with Gasteiger partial charge in [0.15, 0.2) is 0 Å². The Balaban J connectivity index is 0.000000243. The fraction of sp³-hybridized carbons (Fsp3) is 0.467. The summed E-state index contributed by atoms with van der Waals surface area (Å²) in [4.78, 5) is 0. The van der Waals surface area contributed by atoms with Crippen molar-refractivity contribution in [2.75, 3.05) is 33.4 Å². The third-order valence-corrected chi connectivity index (χ3v) is 4.01. The molecule has 0 spiro atoms. The summed E-state index contributed by atoms with van der Waals surface area (Å²) in [6, 6.07) is 8.37. The minimum atomic E-state index is -4.13. The Labute approximate surface area is 139 Å². The molecule has 1 aliphatic heterocycles. The van der Waals surface area contributed by atoms with Crippen LogP contribution in [0.2, 0.25) is 0 Å². The zero-order valence-corrected chi connectivity index (χ0v) is 14.0. The monoisotopic (exact) mass is 367 g/mol.